The Hall–Kier alpha value is -2.52. The molecule has 0 radical (unpaired) electrons. The van der Waals surface area contributed by atoms with Crippen molar-refractivity contribution in [2.45, 2.75) is 38.0 Å². The maximum Gasteiger partial charge on any atom is 0.257 e. The molecule has 1 amide bonds. The number of aromatic nitrogens is 1. The molecule has 3 heterocycles. The smallest absolute Gasteiger partial charge is 0.257 e. The van der Waals surface area contributed by atoms with E-state index in [0.29, 0.717) is 56.2 Å². The molecule has 1 aromatic carbocycles. The average Bonchev–Trinajstić information content (AvgIpc) is 3.08. The van der Waals surface area contributed by atoms with Crippen molar-refractivity contribution in [2.75, 3.05) is 51.3 Å². The number of benzene rings is 1. The number of sulfonamides is 1. The molecule has 0 saturated carbocycles. The standard InChI is InChI=1S/C24H34N4O4S/c1-18-22(24(29)27-12-6-5-7-13-27)23(19(2)25(18)3)33(30,31)28-16-14-26(15-17-28)20-8-10-21(32-4)11-9-20/h8-11H,5-7,12-17H2,1-4H3. The SMILES string of the molecule is COc1ccc(N2CCN(S(=O)(=O)c3c(C(=O)N4CCCCC4)c(C)n(C)c3C)CC2)cc1. The van der Waals surface area contributed by atoms with Crippen molar-refractivity contribution in [1.29, 1.82) is 0 Å². The van der Waals surface area contributed by atoms with E-state index in [-0.39, 0.29) is 10.8 Å². The zero-order valence-electron chi connectivity index (χ0n) is 20.0. The Kier molecular flexibility index (Phi) is 6.72. The van der Waals surface area contributed by atoms with Crippen molar-refractivity contribution in [3.63, 3.8) is 0 Å². The molecule has 4 rings (SSSR count). The maximum atomic E-state index is 13.8. The van der Waals surface area contributed by atoms with Crippen molar-refractivity contribution in [2.24, 2.45) is 7.05 Å². The number of hydrogen-bond acceptors (Lipinski definition) is 5. The van der Waals surface area contributed by atoms with Gasteiger partial charge in [0.25, 0.3) is 5.91 Å². The lowest BCUT2D eigenvalue weighted by Gasteiger charge is -2.35. The summed E-state index contributed by atoms with van der Waals surface area (Å²) < 4.78 is 36.2. The second-order valence-electron chi connectivity index (χ2n) is 8.88. The van der Waals surface area contributed by atoms with Gasteiger partial charge < -0.3 is 19.1 Å². The Morgan fingerprint density at radius 2 is 1.48 bits per heavy atom. The van der Waals surface area contributed by atoms with Crippen molar-refractivity contribution >= 4 is 21.6 Å². The molecule has 0 N–H and O–H groups in total. The number of carbonyl (C=O) groups is 1. The Balaban J connectivity index is 1.58. The van der Waals surface area contributed by atoms with Gasteiger partial charge in [0.1, 0.15) is 10.6 Å². The lowest BCUT2D eigenvalue weighted by molar-refractivity contribution is 0.0719. The van der Waals surface area contributed by atoms with Crippen LogP contribution in [0.25, 0.3) is 0 Å². The predicted octanol–water partition coefficient (Wildman–Crippen LogP) is 2.79. The molecular weight excluding hydrogens is 440 g/mol. The van der Waals surface area contributed by atoms with E-state index in [9.17, 15) is 13.2 Å². The lowest BCUT2D eigenvalue weighted by atomic mass is 10.1. The van der Waals surface area contributed by atoms with Gasteiger partial charge in [0, 0.05) is 63.4 Å². The number of hydrogen-bond donors (Lipinski definition) is 0. The highest BCUT2D eigenvalue weighted by atomic mass is 32.2. The monoisotopic (exact) mass is 474 g/mol. The molecule has 1 aromatic heterocycles. The molecule has 0 atom stereocenters. The van der Waals surface area contributed by atoms with Gasteiger partial charge in [-0.2, -0.15) is 4.31 Å². The minimum absolute atomic E-state index is 0.161. The van der Waals surface area contributed by atoms with E-state index in [2.05, 4.69) is 4.90 Å². The normalized spacial score (nSPS) is 17.9. The summed E-state index contributed by atoms with van der Waals surface area (Å²) in [4.78, 5) is 17.6. The molecule has 8 nitrogen and oxygen atoms in total. The number of carbonyl (C=O) groups excluding carboxylic acids is 1. The Labute approximate surface area is 196 Å². The quantitative estimate of drug-likeness (QED) is 0.666. The van der Waals surface area contributed by atoms with Crippen LogP contribution in [0.5, 0.6) is 5.75 Å². The van der Waals surface area contributed by atoms with Crippen molar-refractivity contribution < 1.29 is 17.9 Å². The van der Waals surface area contributed by atoms with Crippen LogP contribution in [0.2, 0.25) is 0 Å². The number of amides is 1. The first-order chi connectivity index (χ1) is 15.8. The van der Waals surface area contributed by atoms with E-state index in [0.717, 1.165) is 30.7 Å². The number of ether oxygens (including phenoxy) is 1. The number of likely N-dealkylation sites (tertiary alicyclic amines) is 1. The van der Waals surface area contributed by atoms with Gasteiger partial charge in [0.05, 0.1) is 12.7 Å². The molecule has 2 aliphatic rings. The highest BCUT2D eigenvalue weighted by Gasteiger charge is 2.37. The number of piperazine rings is 1. The van der Waals surface area contributed by atoms with Gasteiger partial charge in [-0.15, -0.1) is 0 Å². The second-order valence-corrected chi connectivity index (χ2v) is 10.8. The third kappa shape index (κ3) is 4.36. The summed E-state index contributed by atoms with van der Waals surface area (Å²) in [5, 5.41) is 0. The molecule has 9 heteroatoms. The molecule has 180 valence electrons. The van der Waals surface area contributed by atoms with Crippen molar-refractivity contribution in [1.82, 2.24) is 13.8 Å². The second kappa shape index (κ2) is 9.38. The Bertz CT molecular complexity index is 1110. The molecule has 2 aliphatic heterocycles. The van der Waals surface area contributed by atoms with Crippen LogP contribution in [0.4, 0.5) is 5.69 Å². The molecule has 33 heavy (non-hydrogen) atoms. The third-order valence-electron chi connectivity index (χ3n) is 7.05. The van der Waals surface area contributed by atoms with E-state index in [1.807, 2.05) is 47.7 Å². The fourth-order valence-corrected chi connectivity index (χ4v) is 6.75. The van der Waals surface area contributed by atoms with Crippen LogP contribution >= 0.6 is 0 Å². The largest absolute Gasteiger partial charge is 0.497 e. The van der Waals surface area contributed by atoms with Crippen LogP contribution in [0.15, 0.2) is 29.2 Å². The van der Waals surface area contributed by atoms with Gasteiger partial charge in [-0.3, -0.25) is 4.79 Å². The molecule has 2 aromatic rings. The summed E-state index contributed by atoms with van der Waals surface area (Å²) in [5.41, 5.74) is 2.71. The number of anilines is 1. The number of methoxy groups -OCH3 is 1. The first kappa shape index (κ1) is 23.6. The van der Waals surface area contributed by atoms with Crippen LogP contribution in [-0.4, -0.2) is 74.5 Å². The summed E-state index contributed by atoms with van der Waals surface area (Å²) in [6.07, 6.45) is 3.04. The fourth-order valence-electron chi connectivity index (χ4n) is 4.85. The maximum absolute atomic E-state index is 13.8. The van der Waals surface area contributed by atoms with Crippen LogP contribution < -0.4 is 9.64 Å². The molecule has 2 saturated heterocycles. The minimum atomic E-state index is -3.81. The number of piperidine rings is 1. The highest BCUT2D eigenvalue weighted by molar-refractivity contribution is 7.89. The molecule has 0 aliphatic carbocycles. The minimum Gasteiger partial charge on any atom is -0.497 e. The van der Waals surface area contributed by atoms with Gasteiger partial charge in [0.2, 0.25) is 10.0 Å². The van der Waals surface area contributed by atoms with E-state index in [1.165, 1.54) is 4.31 Å². The Morgan fingerprint density at radius 3 is 2.06 bits per heavy atom. The first-order valence-corrected chi connectivity index (χ1v) is 13.0. The fraction of sp³-hybridized carbons (Fsp3) is 0.542. The molecule has 0 spiro atoms. The van der Waals surface area contributed by atoms with E-state index in [4.69, 9.17) is 4.74 Å². The topological polar surface area (TPSA) is 75.1 Å². The first-order valence-electron chi connectivity index (χ1n) is 11.6. The van der Waals surface area contributed by atoms with Crippen molar-refractivity contribution in [3.8, 4) is 5.75 Å². The lowest BCUT2D eigenvalue weighted by Crippen LogP contribution is -2.49. The zero-order chi connectivity index (χ0) is 23.8. The molecular formula is C24H34N4O4S. The molecule has 0 bridgehead atoms. The number of rotatable bonds is 5. The van der Waals surface area contributed by atoms with Crippen LogP contribution in [0.3, 0.4) is 0 Å². The number of nitrogens with zero attached hydrogens (tertiary/aromatic N) is 4. The van der Waals surface area contributed by atoms with Crippen LogP contribution in [0, 0.1) is 13.8 Å². The van der Waals surface area contributed by atoms with E-state index in [1.54, 1.807) is 14.0 Å². The highest BCUT2D eigenvalue weighted by Crippen LogP contribution is 2.32. The molecule has 2 fully saturated rings. The summed E-state index contributed by atoms with van der Waals surface area (Å²) in [6, 6.07) is 7.80. The van der Waals surface area contributed by atoms with Gasteiger partial charge >= 0.3 is 0 Å². The third-order valence-corrected chi connectivity index (χ3v) is 9.12. The van der Waals surface area contributed by atoms with Gasteiger partial charge in [-0.05, 0) is 57.4 Å². The summed E-state index contributed by atoms with van der Waals surface area (Å²) in [7, 11) is -0.340. The van der Waals surface area contributed by atoms with Gasteiger partial charge in [0.15, 0.2) is 0 Å². The Morgan fingerprint density at radius 1 is 0.879 bits per heavy atom. The zero-order valence-corrected chi connectivity index (χ0v) is 20.8. The van der Waals surface area contributed by atoms with Crippen LogP contribution in [0.1, 0.15) is 41.0 Å². The average molecular weight is 475 g/mol. The van der Waals surface area contributed by atoms with Gasteiger partial charge in [-0.25, -0.2) is 8.42 Å². The van der Waals surface area contributed by atoms with E-state index >= 15 is 0 Å². The van der Waals surface area contributed by atoms with Gasteiger partial charge in [-0.1, -0.05) is 0 Å². The molecule has 0 unspecified atom stereocenters. The summed E-state index contributed by atoms with van der Waals surface area (Å²) in [6.45, 7) is 6.93. The predicted molar refractivity (Wildman–Crippen MR) is 129 cm³/mol. The van der Waals surface area contributed by atoms with Crippen molar-refractivity contribution in [3.05, 3.63) is 41.2 Å². The van der Waals surface area contributed by atoms with E-state index < -0.39 is 10.0 Å². The summed E-state index contributed by atoms with van der Waals surface area (Å²) >= 11 is 0. The van der Waals surface area contributed by atoms with Crippen LogP contribution in [-0.2, 0) is 17.1 Å². The summed E-state index contributed by atoms with van der Waals surface area (Å²) in [5.74, 6) is 0.632.